The Balaban J connectivity index is 1.50. The lowest BCUT2D eigenvalue weighted by atomic mass is 9.93. The second-order valence-electron chi connectivity index (χ2n) is 8.13. The van der Waals surface area contributed by atoms with Crippen molar-refractivity contribution in [2.45, 2.75) is 38.5 Å². The second-order valence-corrected chi connectivity index (χ2v) is 8.13. The Morgan fingerprint density at radius 2 is 1.32 bits per heavy atom. The third-order valence-electron chi connectivity index (χ3n) is 6.36. The van der Waals surface area contributed by atoms with E-state index in [9.17, 15) is 0 Å². The number of nitrogens with zero attached hydrogens (tertiary/aromatic N) is 3. The summed E-state index contributed by atoms with van der Waals surface area (Å²) in [6.07, 6.45) is 7.59. The van der Waals surface area contributed by atoms with Crippen molar-refractivity contribution in [3.8, 4) is 0 Å². The van der Waals surface area contributed by atoms with E-state index in [-0.39, 0.29) is 0 Å². The zero-order valence-corrected chi connectivity index (χ0v) is 16.6. The molecule has 3 aromatic rings. The highest BCUT2D eigenvalue weighted by atomic mass is 15.3. The molecule has 1 aromatic heterocycles. The molecule has 0 atom stereocenters. The minimum absolute atomic E-state index is 1.08. The normalized spacial score (nSPS) is 17.9. The first kappa shape index (κ1) is 17.5. The summed E-state index contributed by atoms with van der Waals surface area (Å²) >= 11 is 0. The van der Waals surface area contributed by atoms with Crippen LogP contribution in [-0.2, 0) is 12.8 Å². The molecule has 0 saturated carbocycles. The van der Waals surface area contributed by atoms with E-state index in [0.29, 0.717) is 0 Å². The van der Waals surface area contributed by atoms with Gasteiger partial charge in [0.05, 0.1) is 11.2 Å². The van der Waals surface area contributed by atoms with Crippen molar-refractivity contribution in [2.24, 2.45) is 0 Å². The molecule has 2 aromatic carbocycles. The Kier molecular flexibility index (Phi) is 4.90. The van der Waals surface area contributed by atoms with Crippen molar-refractivity contribution in [3.05, 3.63) is 65.9 Å². The largest absolute Gasteiger partial charge is 0.368 e. The standard InChI is InChI=1S/C25H29N3/c1-2-7-14-23-21(12-6-1)25(22-13-8-9-15-24(22)26-23)28-18-16-27(17-19-28)20-10-4-3-5-11-20/h3-5,8-11,13,15H,1-2,6-7,12,14,16-19H2. The zero-order chi connectivity index (χ0) is 18.8. The average Bonchev–Trinajstić information content (AvgIpc) is 2.74. The van der Waals surface area contributed by atoms with E-state index < -0.39 is 0 Å². The van der Waals surface area contributed by atoms with Crippen LogP contribution in [0.15, 0.2) is 54.6 Å². The van der Waals surface area contributed by atoms with E-state index in [1.54, 1.807) is 0 Å². The molecule has 5 rings (SSSR count). The highest BCUT2D eigenvalue weighted by Crippen LogP contribution is 2.35. The van der Waals surface area contributed by atoms with Gasteiger partial charge in [-0.05, 0) is 49.4 Å². The molecular weight excluding hydrogens is 342 g/mol. The summed E-state index contributed by atoms with van der Waals surface area (Å²) in [5.74, 6) is 0. The lowest BCUT2D eigenvalue weighted by molar-refractivity contribution is 0.604. The highest BCUT2D eigenvalue weighted by Gasteiger charge is 2.24. The molecule has 2 heterocycles. The molecule has 0 spiro atoms. The van der Waals surface area contributed by atoms with Gasteiger partial charge in [-0.3, -0.25) is 4.98 Å². The number of piperazine rings is 1. The van der Waals surface area contributed by atoms with Gasteiger partial charge in [-0.25, -0.2) is 0 Å². The molecule has 1 aliphatic heterocycles. The first-order valence-electron chi connectivity index (χ1n) is 10.9. The van der Waals surface area contributed by atoms with Crippen LogP contribution in [0, 0.1) is 0 Å². The number of fused-ring (bicyclic) bond motifs is 2. The summed E-state index contributed by atoms with van der Waals surface area (Å²) in [6.45, 7) is 4.32. The number of rotatable bonds is 2. The number of aryl methyl sites for hydroxylation is 1. The molecule has 0 unspecified atom stereocenters. The van der Waals surface area contributed by atoms with Crippen LogP contribution in [0.1, 0.15) is 36.9 Å². The molecule has 0 bridgehead atoms. The second kappa shape index (κ2) is 7.83. The van der Waals surface area contributed by atoms with Gasteiger partial charge in [-0.1, -0.05) is 49.2 Å². The molecule has 3 heteroatoms. The lowest BCUT2D eigenvalue weighted by Gasteiger charge is -2.39. The zero-order valence-electron chi connectivity index (χ0n) is 16.6. The van der Waals surface area contributed by atoms with Gasteiger partial charge in [0.25, 0.3) is 0 Å². The molecular formula is C25H29N3. The Bertz CT molecular complexity index is 943. The molecule has 1 fully saturated rings. The van der Waals surface area contributed by atoms with Gasteiger partial charge in [-0.15, -0.1) is 0 Å². The van der Waals surface area contributed by atoms with Crippen LogP contribution in [0.3, 0.4) is 0 Å². The van der Waals surface area contributed by atoms with Crippen molar-refractivity contribution >= 4 is 22.3 Å². The van der Waals surface area contributed by atoms with Gasteiger partial charge in [0.15, 0.2) is 0 Å². The number of hydrogen-bond donors (Lipinski definition) is 0. The van der Waals surface area contributed by atoms with E-state index >= 15 is 0 Å². The van der Waals surface area contributed by atoms with E-state index in [0.717, 1.165) is 32.6 Å². The highest BCUT2D eigenvalue weighted by molar-refractivity contribution is 5.94. The van der Waals surface area contributed by atoms with Crippen LogP contribution in [0.2, 0.25) is 0 Å². The maximum absolute atomic E-state index is 5.10. The van der Waals surface area contributed by atoms with Crippen LogP contribution >= 0.6 is 0 Å². The monoisotopic (exact) mass is 371 g/mol. The van der Waals surface area contributed by atoms with Crippen LogP contribution in [0.25, 0.3) is 10.9 Å². The van der Waals surface area contributed by atoms with Gasteiger partial charge in [0.2, 0.25) is 0 Å². The lowest BCUT2D eigenvalue weighted by Crippen LogP contribution is -2.47. The number of aromatic nitrogens is 1. The summed E-state index contributed by atoms with van der Waals surface area (Å²) in [6, 6.07) is 19.6. The first-order valence-corrected chi connectivity index (χ1v) is 10.9. The Hall–Kier alpha value is -2.55. The number of hydrogen-bond acceptors (Lipinski definition) is 3. The summed E-state index contributed by atoms with van der Waals surface area (Å²) in [5, 5.41) is 1.34. The molecule has 28 heavy (non-hydrogen) atoms. The number of benzene rings is 2. The molecule has 3 nitrogen and oxygen atoms in total. The van der Waals surface area contributed by atoms with E-state index in [4.69, 9.17) is 4.98 Å². The van der Waals surface area contributed by atoms with E-state index in [1.807, 2.05) is 0 Å². The molecule has 0 radical (unpaired) electrons. The van der Waals surface area contributed by atoms with Crippen LogP contribution in [-0.4, -0.2) is 31.2 Å². The van der Waals surface area contributed by atoms with Crippen LogP contribution in [0.4, 0.5) is 11.4 Å². The topological polar surface area (TPSA) is 19.4 Å². The third-order valence-corrected chi connectivity index (χ3v) is 6.36. The van der Waals surface area contributed by atoms with Gasteiger partial charge >= 0.3 is 0 Å². The van der Waals surface area contributed by atoms with Gasteiger partial charge in [-0.2, -0.15) is 0 Å². The van der Waals surface area contributed by atoms with Crippen molar-refractivity contribution in [3.63, 3.8) is 0 Å². The number of para-hydroxylation sites is 2. The summed E-state index contributed by atoms with van der Waals surface area (Å²) in [7, 11) is 0. The number of pyridine rings is 1. The maximum atomic E-state index is 5.10. The molecule has 1 aliphatic carbocycles. The summed E-state index contributed by atoms with van der Waals surface area (Å²) in [5.41, 5.74) is 6.89. The van der Waals surface area contributed by atoms with Gasteiger partial charge in [0.1, 0.15) is 0 Å². The molecule has 0 N–H and O–H groups in total. The third kappa shape index (κ3) is 3.34. The SMILES string of the molecule is c1ccc(N2CCN(c3c4c(nc5ccccc35)CCCCCC4)CC2)cc1. The Morgan fingerprint density at radius 1 is 0.643 bits per heavy atom. The minimum Gasteiger partial charge on any atom is -0.368 e. The Morgan fingerprint density at radius 3 is 2.14 bits per heavy atom. The smallest absolute Gasteiger partial charge is 0.0726 e. The molecule has 1 saturated heterocycles. The first-order chi connectivity index (χ1) is 13.9. The van der Waals surface area contributed by atoms with Crippen molar-refractivity contribution in [1.29, 1.82) is 0 Å². The molecule has 2 aliphatic rings. The fourth-order valence-corrected chi connectivity index (χ4v) is 4.89. The predicted molar refractivity (Wildman–Crippen MR) is 118 cm³/mol. The molecule has 144 valence electrons. The quantitative estimate of drug-likeness (QED) is 0.616. The van der Waals surface area contributed by atoms with Gasteiger partial charge < -0.3 is 9.80 Å². The minimum atomic E-state index is 1.08. The summed E-state index contributed by atoms with van der Waals surface area (Å²) in [4.78, 5) is 10.3. The van der Waals surface area contributed by atoms with Gasteiger partial charge in [0, 0.05) is 42.9 Å². The maximum Gasteiger partial charge on any atom is 0.0726 e. The van der Waals surface area contributed by atoms with Crippen molar-refractivity contribution < 1.29 is 0 Å². The fraction of sp³-hybridized carbons (Fsp3) is 0.400. The predicted octanol–water partition coefficient (Wildman–Crippen LogP) is 5.22. The van der Waals surface area contributed by atoms with E-state index in [1.165, 1.54) is 65.6 Å². The van der Waals surface area contributed by atoms with Crippen LogP contribution in [0.5, 0.6) is 0 Å². The van der Waals surface area contributed by atoms with Crippen molar-refractivity contribution in [2.75, 3.05) is 36.0 Å². The molecule has 0 amide bonds. The van der Waals surface area contributed by atoms with Crippen LogP contribution < -0.4 is 9.80 Å². The van der Waals surface area contributed by atoms with Crippen molar-refractivity contribution in [1.82, 2.24) is 4.98 Å². The van der Waals surface area contributed by atoms with E-state index in [2.05, 4.69) is 64.4 Å². The fourth-order valence-electron chi connectivity index (χ4n) is 4.89. The number of anilines is 2. The Labute approximate surface area is 168 Å². The summed E-state index contributed by atoms with van der Waals surface area (Å²) < 4.78 is 0. The average molecular weight is 372 g/mol.